The zero-order chi connectivity index (χ0) is 12.0. The zero-order valence-electron chi connectivity index (χ0n) is 9.21. The summed E-state index contributed by atoms with van der Waals surface area (Å²) in [6.07, 6.45) is 1.04. The van der Waals surface area contributed by atoms with Crippen molar-refractivity contribution >= 4 is 41.5 Å². The fraction of sp³-hybridized carbons (Fsp3) is 0.364. The van der Waals surface area contributed by atoms with E-state index < -0.39 is 0 Å². The minimum Gasteiger partial charge on any atom is -0.356 e. The molecule has 0 aliphatic rings. The summed E-state index contributed by atoms with van der Waals surface area (Å²) in [6, 6.07) is 5.34. The molecule has 0 saturated carbocycles. The Morgan fingerprint density at radius 2 is 2.06 bits per heavy atom. The minimum atomic E-state index is -0.0346. The average molecular weight is 298 g/mol. The number of amides is 1. The fourth-order valence-electron chi connectivity index (χ4n) is 1.28. The lowest BCUT2D eigenvalue weighted by atomic mass is 10.1. The van der Waals surface area contributed by atoms with E-state index in [1.54, 1.807) is 12.1 Å². The predicted octanol–water partition coefficient (Wildman–Crippen LogP) is 2.42. The Morgan fingerprint density at radius 3 is 2.65 bits per heavy atom. The Hall–Kier alpha value is -0.480. The number of halogens is 3. The van der Waals surface area contributed by atoms with Gasteiger partial charge in [0.15, 0.2) is 0 Å². The van der Waals surface area contributed by atoms with E-state index in [1.807, 2.05) is 6.07 Å². The minimum absolute atomic E-state index is 0. The average Bonchev–Trinajstić information content (AvgIpc) is 2.22. The first-order chi connectivity index (χ1) is 7.63. The molecule has 0 aliphatic carbocycles. The van der Waals surface area contributed by atoms with Crippen molar-refractivity contribution in [2.75, 3.05) is 13.1 Å². The van der Waals surface area contributed by atoms with Crippen LogP contribution in [0.2, 0.25) is 10.0 Å². The van der Waals surface area contributed by atoms with Gasteiger partial charge in [-0.3, -0.25) is 4.79 Å². The van der Waals surface area contributed by atoms with Gasteiger partial charge in [0.05, 0.1) is 0 Å². The number of carbonyl (C=O) groups is 1. The standard InChI is InChI=1S/C11H14Cl2N2O.ClH/c12-9-2-1-8(10(13)7-9)4-6-15-11(16)3-5-14;/h1-2,7H,3-6,14H2,(H,15,16);1H. The van der Waals surface area contributed by atoms with Crippen LogP contribution in [0.4, 0.5) is 0 Å². The summed E-state index contributed by atoms with van der Waals surface area (Å²) in [5.74, 6) is -0.0346. The van der Waals surface area contributed by atoms with Gasteiger partial charge in [-0.2, -0.15) is 0 Å². The smallest absolute Gasteiger partial charge is 0.221 e. The number of nitrogens with one attached hydrogen (secondary N) is 1. The molecule has 0 aliphatic heterocycles. The van der Waals surface area contributed by atoms with E-state index in [1.165, 1.54) is 0 Å². The molecule has 0 atom stereocenters. The summed E-state index contributed by atoms with van der Waals surface area (Å²) in [5.41, 5.74) is 6.23. The van der Waals surface area contributed by atoms with Crippen LogP contribution in [0.5, 0.6) is 0 Å². The number of carbonyl (C=O) groups excluding carboxylic acids is 1. The molecule has 0 radical (unpaired) electrons. The summed E-state index contributed by atoms with van der Waals surface area (Å²) >= 11 is 11.8. The van der Waals surface area contributed by atoms with Crippen LogP contribution < -0.4 is 11.1 Å². The molecule has 3 N–H and O–H groups in total. The van der Waals surface area contributed by atoms with Gasteiger partial charge in [-0.15, -0.1) is 12.4 Å². The van der Waals surface area contributed by atoms with Crippen LogP contribution in [0, 0.1) is 0 Å². The monoisotopic (exact) mass is 296 g/mol. The molecule has 0 spiro atoms. The Labute approximate surface area is 117 Å². The molecule has 6 heteroatoms. The molecule has 0 fully saturated rings. The van der Waals surface area contributed by atoms with Crippen molar-refractivity contribution in [3.63, 3.8) is 0 Å². The lowest BCUT2D eigenvalue weighted by Gasteiger charge is -2.06. The van der Waals surface area contributed by atoms with E-state index in [4.69, 9.17) is 28.9 Å². The number of nitrogens with two attached hydrogens (primary N) is 1. The number of benzene rings is 1. The molecule has 1 rings (SSSR count). The van der Waals surface area contributed by atoms with Crippen molar-refractivity contribution in [1.82, 2.24) is 5.32 Å². The van der Waals surface area contributed by atoms with Crippen molar-refractivity contribution < 1.29 is 4.79 Å². The van der Waals surface area contributed by atoms with Crippen molar-refractivity contribution in [2.24, 2.45) is 5.73 Å². The predicted molar refractivity (Wildman–Crippen MR) is 74.1 cm³/mol. The highest BCUT2D eigenvalue weighted by molar-refractivity contribution is 6.35. The van der Waals surface area contributed by atoms with E-state index >= 15 is 0 Å². The van der Waals surface area contributed by atoms with Crippen molar-refractivity contribution in [2.45, 2.75) is 12.8 Å². The van der Waals surface area contributed by atoms with E-state index in [0.29, 0.717) is 36.0 Å². The molecule has 1 aromatic rings. The van der Waals surface area contributed by atoms with Gasteiger partial charge in [-0.25, -0.2) is 0 Å². The molecule has 0 bridgehead atoms. The molecule has 0 saturated heterocycles. The maximum atomic E-state index is 11.1. The summed E-state index contributed by atoms with van der Waals surface area (Å²) in [6.45, 7) is 0.924. The molecule has 3 nitrogen and oxygen atoms in total. The first-order valence-corrected chi connectivity index (χ1v) is 5.79. The third kappa shape index (κ3) is 6.13. The second-order valence-corrected chi connectivity index (χ2v) is 4.22. The summed E-state index contributed by atoms with van der Waals surface area (Å²) in [4.78, 5) is 11.1. The van der Waals surface area contributed by atoms with Gasteiger partial charge in [0.1, 0.15) is 0 Å². The maximum absolute atomic E-state index is 11.1. The van der Waals surface area contributed by atoms with Crippen molar-refractivity contribution in [3.8, 4) is 0 Å². The van der Waals surface area contributed by atoms with Gasteiger partial charge in [-0.1, -0.05) is 29.3 Å². The van der Waals surface area contributed by atoms with Crippen LogP contribution in [0.3, 0.4) is 0 Å². The van der Waals surface area contributed by atoms with Gasteiger partial charge < -0.3 is 11.1 Å². The van der Waals surface area contributed by atoms with Crippen LogP contribution >= 0.6 is 35.6 Å². The van der Waals surface area contributed by atoms with Crippen LogP contribution in [0.1, 0.15) is 12.0 Å². The van der Waals surface area contributed by atoms with E-state index in [-0.39, 0.29) is 18.3 Å². The second-order valence-electron chi connectivity index (χ2n) is 3.37. The Bertz CT molecular complexity index is 372. The van der Waals surface area contributed by atoms with Crippen LogP contribution in [-0.4, -0.2) is 19.0 Å². The molecule has 1 amide bonds. The molecule has 96 valence electrons. The van der Waals surface area contributed by atoms with Crippen LogP contribution in [0.25, 0.3) is 0 Å². The highest BCUT2D eigenvalue weighted by Gasteiger charge is 2.02. The molecule has 0 heterocycles. The Balaban J connectivity index is 0.00000256. The van der Waals surface area contributed by atoms with Gasteiger partial charge in [-0.05, 0) is 24.1 Å². The highest BCUT2D eigenvalue weighted by Crippen LogP contribution is 2.20. The topological polar surface area (TPSA) is 55.1 Å². The van der Waals surface area contributed by atoms with Gasteiger partial charge >= 0.3 is 0 Å². The Morgan fingerprint density at radius 1 is 1.35 bits per heavy atom. The first-order valence-electron chi connectivity index (χ1n) is 5.04. The maximum Gasteiger partial charge on any atom is 0.221 e. The largest absolute Gasteiger partial charge is 0.356 e. The molecular weight excluding hydrogens is 282 g/mol. The van der Waals surface area contributed by atoms with Crippen molar-refractivity contribution in [3.05, 3.63) is 33.8 Å². The molecular formula is C11H15Cl3N2O. The summed E-state index contributed by atoms with van der Waals surface area (Å²) in [7, 11) is 0. The van der Waals surface area contributed by atoms with Crippen LogP contribution in [-0.2, 0) is 11.2 Å². The molecule has 0 aromatic heterocycles. The summed E-state index contributed by atoms with van der Waals surface area (Å²) < 4.78 is 0. The number of hydrogen-bond donors (Lipinski definition) is 2. The first kappa shape index (κ1) is 16.5. The fourth-order valence-corrected chi connectivity index (χ4v) is 1.78. The zero-order valence-corrected chi connectivity index (χ0v) is 11.5. The van der Waals surface area contributed by atoms with Crippen LogP contribution in [0.15, 0.2) is 18.2 Å². The molecule has 17 heavy (non-hydrogen) atoms. The van der Waals surface area contributed by atoms with E-state index in [0.717, 1.165) is 5.56 Å². The molecule has 0 unspecified atom stereocenters. The summed E-state index contributed by atoms with van der Waals surface area (Å²) in [5, 5.41) is 4.00. The third-order valence-electron chi connectivity index (χ3n) is 2.10. The number of rotatable bonds is 5. The lowest BCUT2D eigenvalue weighted by Crippen LogP contribution is -2.27. The normalized spacial score (nSPS) is 9.59. The number of hydrogen-bond acceptors (Lipinski definition) is 2. The quantitative estimate of drug-likeness (QED) is 0.877. The van der Waals surface area contributed by atoms with E-state index in [2.05, 4.69) is 5.32 Å². The lowest BCUT2D eigenvalue weighted by molar-refractivity contribution is -0.120. The van der Waals surface area contributed by atoms with Crippen molar-refractivity contribution in [1.29, 1.82) is 0 Å². The SMILES string of the molecule is Cl.NCCC(=O)NCCc1ccc(Cl)cc1Cl. The van der Waals surface area contributed by atoms with E-state index in [9.17, 15) is 4.79 Å². The highest BCUT2D eigenvalue weighted by atomic mass is 35.5. The third-order valence-corrected chi connectivity index (χ3v) is 2.69. The Kier molecular flexibility index (Phi) is 8.35. The molecule has 1 aromatic carbocycles. The van der Waals surface area contributed by atoms with Gasteiger partial charge in [0, 0.05) is 29.6 Å². The second kappa shape index (κ2) is 8.59. The van der Waals surface area contributed by atoms with Gasteiger partial charge in [0.2, 0.25) is 5.91 Å². The van der Waals surface area contributed by atoms with Gasteiger partial charge in [0.25, 0.3) is 0 Å².